The molecule has 4 nitrogen and oxygen atoms in total. The molecule has 1 aromatic rings. The summed E-state index contributed by atoms with van der Waals surface area (Å²) >= 11 is 0. The van der Waals surface area contributed by atoms with Gasteiger partial charge in [0.2, 0.25) is 5.91 Å². The fourth-order valence-corrected chi connectivity index (χ4v) is 2.75. The first-order chi connectivity index (χ1) is 9.60. The normalized spacial score (nSPS) is 17.1. The van der Waals surface area contributed by atoms with Crippen LogP contribution in [0.25, 0.3) is 0 Å². The number of nitrogens with one attached hydrogen (secondary N) is 1. The monoisotopic (exact) mass is 272 g/mol. The lowest BCUT2D eigenvalue weighted by Gasteiger charge is -2.32. The Balaban J connectivity index is 2.25. The molecular formula is C16H20N2O2. The van der Waals surface area contributed by atoms with E-state index in [1.54, 1.807) is 18.2 Å². The first-order valence-corrected chi connectivity index (χ1v) is 6.99. The molecule has 0 bridgehead atoms. The lowest BCUT2D eigenvalue weighted by atomic mass is 9.75. The summed E-state index contributed by atoms with van der Waals surface area (Å²) in [6.45, 7) is 2.00. The lowest BCUT2D eigenvalue weighted by molar-refractivity contribution is -0.126. The maximum absolute atomic E-state index is 12.5. The standard InChI is InChI=1S/C16H20N2O2/c1-16(9-4-3-5-10-16)15(19)18-14-12(11-17)7-6-8-13(14)20-2/h6-8H,3-5,9-10H2,1-2H3,(H,18,19). The zero-order valence-corrected chi connectivity index (χ0v) is 12.0. The average molecular weight is 272 g/mol. The second-order valence-corrected chi connectivity index (χ2v) is 5.57. The van der Waals surface area contributed by atoms with Crippen molar-refractivity contribution in [1.82, 2.24) is 0 Å². The van der Waals surface area contributed by atoms with Gasteiger partial charge in [-0.1, -0.05) is 32.3 Å². The van der Waals surface area contributed by atoms with Gasteiger partial charge in [0, 0.05) is 5.41 Å². The molecule has 0 aromatic heterocycles. The third-order valence-electron chi connectivity index (χ3n) is 4.11. The number of hydrogen-bond acceptors (Lipinski definition) is 3. The predicted molar refractivity (Wildman–Crippen MR) is 77.5 cm³/mol. The van der Waals surface area contributed by atoms with Gasteiger partial charge in [-0.05, 0) is 25.0 Å². The van der Waals surface area contributed by atoms with Crippen LogP contribution in [0.1, 0.15) is 44.6 Å². The fourth-order valence-electron chi connectivity index (χ4n) is 2.75. The first kappa shape index (κ1) is 14.4. The van der Waals surface area contributed by atoms with Gasteiger partial charge in [-0.3, -0.25) is 4.79 Å². The van der Waals surface area contributed by atoms with Gasteiger partial charge in [-0.2, -0.15) is 5.26 Å². The van der Waals surface area contributed by atoms with Crippen LogP contribution in [0.15, 0.2) is 18.2 Å². The van der Waals surface area contributed by atoms with E-state index in [1.165, 1.54) is 13.5 Å². The number of methoxy groups -OCH3 is 1. The number of para-hydroxylation sites is 1. The first-order valence-electron chi connectivity index (χ1n) is 6.99. The van der Waals surface area contributed by atoms with Crippen molar-refractivity contribution in [1.29, 1.82) is 5.26 Å². The second kappa shape index (κ2) is 5.96. The topological polar surface area (TPSA) is 62.1 Å². The Morgan fingerprint density at radius 3 is 2.65 bits per heavy atom. The van der Waals surface area contributed by atoms with Gasteiger partial charge < -0.3 is 10.1 Å². The Hall–Kier alpha value is -2.02. The van der Waals surface area contributed by atoms with Crippen LogP contribution in [0.5, 0.6) is 5.75 Å². The molecule has 0 spiro atoms. The van der Waals surface area contributed by atoms with Crippen LogP contribution in [0.2, 0.25) is 0 Å². The van der Waals surface area contributed by atoms with E-state index >= 15 is 0 Å². The van der Waals surface area contributed by atoms with Crippen LogP contribution >= 0.6 is 0 Å². The van der Waals surface area contributed by atoms with Gasteiger partial charge in [0.25, 0.3) is 0 Å². The van der Waals surface area contributed by atoms with Gasteiger partial charge >= 0.3 is 0 Å². The molecule has 1 saturated carbocycles. The van der Waals surface area contributed by atoms with Crippen molar-refractivity contribution < 1.29 is 9.53 Å². The van der Waals surface area contributed by atoms with E-state index in [9.17, 15) is 4.79 Å². The molecule has 20 heavy (non-hydrogen) atoms. The third kappa shape index (κ3) is 2.77. The molecule has 106 valence electrons. The number of nitrogens with zero attached hydrogens (tertiary/aromatic N) is 1. The van der Waals surface area contributed by atoms with Crippen LogP contribution in [0, 0.1) is 16.7 Å². The number of rotatable bonds is 3. The summed E-state index contributed by atoms with van der Waals surface area (Å²) in [7, 11) is 1.54. The van der Waals surface area contributed by atoms with Crippen molar-refractivity contribution in [2.75, 3.05) is 12.4 Å². The Bertz CT molecular complexity index is 540. The summed E-state index contributed by atoms with van der Waals surface area (Å²) in [5, 5.41) is 12.1. The van der Waals surface area contributed by atoms with E-state index in [0.717, 1.165) is 25.7 Å². The number of anilines is 1. The highest BCUT2D eigenvalue weighted by atomic mass is 16.5. The maximum atomic E-state index is 12.5. The second-order valence-electron chi connectivity index (χ2n) is 5.57. The van der Waals surface area contributed by atoms with Crippen LogP contribution in [-0.2, 0) is 4.79 Å². The van der Waals surface area contributed by atoms with Gasteiger partial charge in [-0.15, -0.1) is 0 Å². The third-order valence-corrected chi connectivity index (χ3v) is 4.11. The minimum absolute atomic E-state index is 0.0156. The Labute approximate surface area is 119 Å². The van der Waals surface area contributed by atoms with E-state index in [-0.39, 0.29) is 11.3 Å². The van der Waals surface area contributed by atoms with Crippen molar-refractivity contribution in [3.05, 3.63) is 23.8 Å². The van der Waals surface area contributed by atoms with Crippen molar-refractivity contribution >= 4 is 11.6 Å². The van der Waals surface area contributed by atoms with E-state index < -0.39 is 0 Å². The number of carbonyl (C=O) groups is 1. The Kier molecular flexibility index (Phi) is 4.29. The highest BCUT2D eigenvalue weighted by Crippen LogP contribution is 2.38. The molecule has 0 unspecified atom stereocenters. The van der Waals surface area contributed by atoms with Crippen LogP contribution < -0.4 is 10.1 Å². The molecule has 0 saturated heterocycles. The van der Waals surface area contributed by atoms with Crippen LogP contribution in [0.3, 0.4) is 0 Å². The zero-order valence-electron chi connectivity index (χ0n) is 12.0. The molecule has 1 amide bonds. The predicted octanol–water partition coefficient (Wildman–Crippen LogP) is 3.48. The highest BCUT2D eigenvalue weighted by Gasteiger charge is 2.35. The van der Waals surface area contributed by atoms with E-state index in [2.05, 4.69) is 11.4 Å². The van der Waals surface area contributed by atoms with E-state index in [0.29, 0.717) is 17.0 Å². The number of nitriles is 1. The fraction of sp³-hybridized carbons (Fsp3) is 0.500. The molecule has 0 heterocycles. The van der Waals surface area contributed by atoms with Crippen LogP contribution in [0.4, 0.5) is 5.69 Å². The summed E-state index contributed by atoms with van der Waals surface area (Å²) < 4.78 is 5.24. The number of amides is 1. The smallest absolute Gasteiger partial charge is 0.230 e. The average Bonchev–Trinajstić information content (AvgIpc) is 2.48. The number of carbonyl (C=O) groups excluding carboxylic acids is 1. The minimum atomic E-state index is -0.341. The SMILES string of the molecule is COc1cccc(C#N)c1NC(=O)C1(C)CCCCC1. The van der Waals surface area contributed by atoms with Crippen molar-refractivity contribution in [2.45, 2.75) is 39.0 Å². The summed E-state index contributed by atoms with van der Waals surface area (Å²) in [6.07, 6.45) is 5.16. The minimum Gasteiger partial charge on any atom is -0.495 e. The quantitative estimate of drug-likeness (QED) is 0.916. The molecule has 4 heteroatoms. The molecule has 0 radical (unpaired) electrons. The molecular weight excluding hydrogens is 252 g/mol. The molecule has 0 atom stereocenters. The maximum Gasteiger partial charge on any atom is 0.230 e. The summed E-state index contributed by atoms with van der Waals surface area (Å²) in [5.41, 5.74) is 0.567. The molecule has 1 aliphatic carbocycles. The molecule has 1 aliphatic rings. The molecule has 1 aromatic carbocycles. The highest BCUT2D eigenvalue weighted by molar-refractivity contribution is 5.97. The number of hydrogen-bond donors (Lipinski definition) is 1. The van der Waals surface area contributed by atoms with Crippen molar-refractivity contribution in [2.24, 2.45) is 5.41 Å². The Morgan fingerprint density at radius 2 is 2.05 bits per heavy atom. The van der Waals surface area contributed by atoms with Gasteiger partial charge in [0.1, 0.15) is 17.5 Å². The van der Waals surface area contributed by atoms with E-state index in [4.69, 9.17) is 10.00 Å². The van der Waals surface area contributed by atoms with Crippen molar-refractivity contribution in [3.8, 4) is 11.8 Å². The zero-order chi connectivity index (χ0) is 14.6. The number of ether oxygens (including phenoxy) is 1. The van der Waals surface area contributed by atoms with Crippen LogP contribution in [-0.4, -0.2) is 13.0 Å². The molecule has 0 aliphatic heterocycles. The van der Waals surface area contributed by atoms with Gasteiger partial charge in [0.05, 0.1) is 12.7 Å². The van der Waals surface area contributed by atoms with E-state index in [1.807, 2.05) is 6.92 Å². The van der Waals surface area contributed by atoms with Gasteiger partial charge in [0.15, 0.2) is 0 Å². The number of benzene rings is 1. The largest absolute Gasteiger partial charge is 0.495 e. The Morgan fingerprint density at radius 1 is 1.35 bits per heavy atom. The molecule has 1 fully saturated rings. The molecule has 1 N–H and O–H groups in total. The summed E-state index contributed by atoms with van der Waals surface area (Å²) in [5.74, 6) is 0.509. The summed E-state index contributed by atoms with van der Waals surface area (Å²) in [6, 6.07) is 7.27. The molecule has 2 rings (SSSR count). The lowest BCUT2D eigenvalue weighted by Crippen LogP contribution is -2.35. The summed E-state index contributed by atoms with van der Waals surface area (Å²) in [4.78, 5) is 12.5. The van der Waals surface area contributed by atoms with Crippen molar-refractivity contribution in [3.63, 3.8) is 0 Å². The van der Waals surface area contributed by atoms with Gasteiger partial charge in [-0.25, -0.2) is 0 Å².